The quantitative estimate of drug-likeness (QED) is 0.111. The lowest BCUT2D eigenvalue weighted by atomic mass is 9.96. The molecule has 0 aliphatic carbocycles. The molecule has 3 heterocycles. The second kappa shape index (κ2) is 9.75. The molecule has 1 N–H and O–H groups in total. The highest BCUT2D eigenvalue weighted by molar-refractivity contribution is 8.00. The molecule has 0 spiro atoms. The molecule has 1 aliphatic rings. The molecular weight excluding hydrogens is 494 g/mol. The number of nitrogens with zero attached hydrogens (tertiary/aromatic N) is 3. The molecule has 2 aromatic carbocycles. The monoisotopic (exact) mass is 517 g/mol. The van der Waals surface area contributed by atoms with Crippen molar-refractivity contribution in [3.63, 3.8) is 0 Å². The van der Waals surface area contributed by atoms with E-state index >= 15 is 0 Å². The number of furan rings is 1. The van der Waals surface area contributed by atoms with Crippen molar-refractivity contribution < 1.29 is 19.1 Å². The average Bonchev–Trinajstić information content (AvgIpc) is 3.58. The summed E-state index contributed by atoms with van der Waals surface area (Å²) in [5.74, 6) is -0.120. The molecule has 2 aromatic heterocycles. The summed E-state index contributed by atoms with van der Waals surface area (Å²) in [6.07, 6.45) is 0. The minimum atomic E-state index is -0.960. The first-order valence-electron chi connectivity index (χ1n) is 11.3. The van der Waals surface area contributed by atoms with Crippen LogP contribution in [0.5, 0.6) is 0 Å². The van der Waals surface area contributed by atoms with Crippen LogP contribution in [0.15, 0.2) is 75.0 Å². The van der Waals surface area contributed by atoms with E-state index in [2.05, 4.69) is 10.2 Å². The first-order chi connectivity index (χ1) is 17.3. The first kappa shape index (κ1) is 24.0. The van der Waals surface area contributed by atoms with Crippen LogP contribution in [0, 0.1) is 20.8 Å². The fourth-order valence-corrected chi connectivity index (χ4v) is 5.94. The van der Waals surface area contributed by atoms with E-state index in [1.165, 1.54) is 28.0 Å². The van der Waals surface area contributed by atoms with Gasteiger partial charge in [-0.15, -0.1) is 10.2 Å². The molecule has 1 fully saturated rings. The molecule has 0 bridgehead atoms. The molecular formula is C27H23N3O4S2. The summed E-state index contributed by atoms with van der Waals surface area (Å²) in [6, 6.07) is 18.1. The summed E-state index contributed by atoms with van der Waals surface area (Å²) < 4.78 is 6.52. The largest absolute Gasteiger partial charge is 0.507 e. The van der Waals surface area contributed by atoms with Crippen molar-refractivity contribution >= 4 is 45.7 Å². The number of aliphatic hydroxyl groups is 1. The summed E-state index contributed by atoms with van der Waals surface area (Å²) in [4.78, 5) is 27.9. The topological polar surface area (TPSA) is 96.5 Å². The van der Waals surface area contributed by atoms with Gasteiger partial charge in [0.1, 0.15) is 23.3 Å². The van der Waals surface area contributed by atoms with Gasteiger partial charge in [-0.1, -0.05) is 71.1 Å². The number of thioether (sulfide) groups is 1. The Bertz CT molecular complexity index is 1490. The number of ketones is 1. The minimum Gasteiger partial charge on any atom is -0.507 e. The molecule has 36 heavy (non-hydrogen) atoms. The standard InChI is InChI=1S/C27H23N3O4S2/c1-15-9-10-16(2)19(13-15)23(31)21-22(20-12-11-17(3)34-20)30(25(33)24(21)32)26-28-29-27(36-26)35-14-18-7-5-4-6-8-18/h4-13,22,31H,14H2,1-3H3. The van der Waals surface area contributed by atoms with Crippen LogP contribution in [0.4, 0.5) is 5.13 Å². The van der Waals surface area contributed by atoms with E-state index < -0.39 is 17.7 Å². The van der Waals surface area contributed by atoms with Crippen molar-refractivity contribution in [3.8, 4) is 0 Å². The fourth-order valence-electron chi connectivity index (χ4n) is 4.11. The molecule has 1 aliphatic heterocycles. The van der Waals surface area contributed by atoms with Crippen LogP contribution in [-0.2, 0) is 15.3 Å². The summed E-state index contributed by atoms with van der Waals surface area (Å²) in [7, 11) is 0. The van der Waals surface area contributed by atoms with Gasteiger partial charge in [0.05, 0.1) is 5.57 Å². The Morgan fingerprint density at radius 1 is 1.06 bits per heavy atom. The molecule has 4 aromatic rings. The van der Waals surface area contributed by atoms with Gasteiger partial charge in [0.15, 0.2) is 4.34 Å². The predicted molar refractivity (Wildman–Crippen MR) is 140 cm³/mol. The SMILES string of the molecule is Cc1ccc(C)c(C(O)=C2C(=O)C(=O)N(c3nnc(SCc4ccccc4)s3)C2c2ccc(C)o2)c1. The molecule has 182 valence electrons. The molecule has 1 unspecified atom stereocenters. The van der Waals surface area contributed by atoms with Gasteiger partial charge in [0.25, 0.3) is 5.78 Å². The third-order valence-electron chi connectivity index (χ3n) is 5.93. The number of benzene rings is 2. The maximum Gasteiger partial charge on any atom is 0.302 e. The van der Waals surface area contributed by atoms with Gasteiger partial charge >= 0.3 is 5.91 Å². The summed E-state index contributed by atoms with van der Waals surface area (Å²) >= 11 is 2.72. The zero-order valence-corrected chi connectivity index (χ0v) is 21.5. The van der Waals surface area contributed by atoms with E-state index in [4.69, 9.17) is 4.42 Å². The molecule has 1 saturated heterocycles. The van der Waals surface area contributed by atoms with Crippen molar-refractivity contribution in [1.29, 1.82) is 0 Å². The zero-order chi connectivity index (χ0) is 25.4. The summed E-state index contributed by atoms with van der Waals surface area (Å²) in [5.41, 5.74) is 3.31. The third kappa shape index (κ3) is 4.47. The Kier molecular flexibility index (Phi) is 6.51. The number of Topliss-reactive ketones (excluding diaryl/α,β-unsaturated/α-hetero) is 1. The van der Waals surface area contributed by atoms with Crippen LogP contribution in [-0.4, -0.2) is 27.0 Å². The predicted octanol–water partition coefficient (Wildman–Crippen LogP) is 5.97. The van der Waals surface area contributed by atoms with Gasteiger partial charge in [0, 0.05) is 11.3 Å². The van der Waals surface area contributed by atoms with Gasteiger partial charge in [-0.25, -0.2) is 0 Å². The first-order valence-corrected chi connectivity index (χ1v) is 13.1. The van der Waals surface area contributed by atoms with Crippen molar-refractivity contribution in [2.45, 2.75) is 36.9 Å². The van der Waals surface area contributed by atoms with Crippen molar-refractivity contribution in [2.75, 3.05) is 4.90 Å². The van der Waals surface area contributed by atoms with Crippen molar-refractivity contribution in [3.05, 3.63) is 100 Å². The van der Waals surface area contributed by atoms with E-state index in [9.17, 15) is 14.7 Å². The number of aromatic nitrogens is 2. The maximum absolute atomic E-state index is 13.3. The number of aliphatic hydroxyl groups excluding tert-OH is 1. The Balaban J connectivity index is 1.56. The third-order valence-corrected chi connectivity index (χ3v) is 8.06. The minimum absolute atomic E-state index is 0.0308. The van der Waals surface area contributed by atoms with E-state index in [1.807, 2.05) is 56.3 Å². The number of aryl methyl sites for hydroxylation is 3. The highest BCUT2D eigenvalue weighted by Crippen LogP contribution is 2.44. The molecule has 1 amide bonds. The second-order valence-electron chi connectivity index (χ2n) is 8.56. The van der Waals surface area contributed by atoms with Crippen LogP contribution in [0.25, 0.3) is 5.76 Å². The Morgan fingerprint density at radius 3 is 2.56 bits per heavy atom. The van der Waals surface area contributed by atoms with Crippen molar-refractivity contribution in [2.24, 2.45) is 0 Å². The number of anilines is 1. The van der Waals surface area contributed by atoms with Gasteiger partial charge in [0.2, 0.25) is 5.13 Å². The number of carbonyl (C=O) groups is 2. The van der Waals surface area contributed by atoms with Crippen LogP contribution in [0.1, 0.15) is 39.8 Å². The van der Waals surface area contributed by atoms with E-state index in [0.717, 1.165) is 16.7 Å². The van der Waals surface area contributed by atoms with E-state index in [1.54, 1.807) is 25.1 Å². The number of hydrogen-bond donors (Lipinski definition) is 1. The molecule has 1 atom stereocenters. The van der Waals surface area contributed by atoms with Crippen LogP contribution < -0.4 is 4.90 Å². The highest BCUT2D eigenvalue weighted by Gasteiger charge is 2.50. The molecule has 7 nitrogen and oxygen atoms in total. The molecule has 0 saturated carbocycles. The number of amides is 1. The number of hydrogen-bond acceptors (Lipinski definition) is 8. The van der Waals surface area contributed by atoms with Gasteiger partial charge in [-0.2, -0.15) is 0 Å². The Hall–Kier alpha value is -3.69. The molecule has 0 radical (unpaired) electrons. The lowest BCUT2D eigenvalue weighted by Crippen LogP contribution is -2.29. The normalized spacial score (nSPS) is 17.2. The smallest absolute Gasteiger partial charge is 0.302 e. The lowest BCUT2D eigenvalue weighted by molar-refractivity contribution is -0.132. The van der Waals surface area contributed by atoms with Gasteiger partial charge in [-0.05, 0) is 50.1 Å². The van der Waals surface area contributed by atoms with Crippen LogP contribution in [0.3, 0.4) is 0 Å². The van der Waals surface area contributed by atoms with E-state index in [-0.39, 0.29) is 16.5 Å². The van der Waals surface area contributed by atoms with Gasteiger partial charge in [-0.3, -0.25) is 14.5 Å². The van der Waals surface area contributed by atoms with E-state index in [0.29, 0.717) is 27.2 Å². The fraction of sp³-hybridized carbons (Fsp3) is 0.185. The molecule has 5 rings (SSSR count). The Labute approximate surface area is 216 Å². The molecule has 9 heteroatoms. The zero-order valence-electron chi connectivity index (χ0n) is 19.9. The second-order valence-corrected chi connectivity index (χ2v) is 10.7. The van der Waals surface area contributed by atoms with Crippen LogP contribution in [0.2, 0.25) is 0 Å². The average molecular weight is 518 g/mol. The lowest BCUT2D eigenvalue weighted by Gasteiger charge is -2.20. The highest BCUT2D eigenvalue weighted by atomic mass is 32.2. The summed E-state index contributed by atoms with van der Waals surface area (Å²) in [6.45, 7) is 5.53. The van der Waals surface area contributed by atoms with Crippen LogP contribution >= 0.6 is 23.1 Å². The maximum atomic E-state index is 13.3. The number of rotatable bonds is 6. The van der Waals surface area contributed by atoms with Crippen molar-refractivity contribution in [1.82, 2.24) is 10.2 Å². The summed E-state index contributed by atoms with van der Waals surface area (Å²) in [5, 5.41) is 20.1. The van der Waals surface area contributed by atoms with Gasteiger partial charge < -0.3 is 9.52 Å². The Morgan fingerprint density at radius 2 is 1.83 bits per heavy atom. The number of carbonyl (C=O) groups excluding carboxylic acids is 2.